The van der Waals surface area contributed by atoms with Gasteiger partial charge in [-0.05, 0) is 17.2 Å². The fourth-order valence-electron chi connectivity index (χ4n) is 3.04. The molecule has 1 aromatic carbocycles. The predicted octanol–water partition coefficient (Wildman–Crippen LogP) is 2.06. The number of hydrogen-bond acceptors (Lipinski definition) is 4. The summed E-state index contributed by atoms with van der Waals surface area (Å²) in [6.45, 7) is 6.10. The first-order valence-electron chi connectivity index (χ1n) is 7.09. The van der Waals surface area contributed by atoms with Crippen LogP contribution in [0.1, 0.15) is 24.1 Å². The summed E-state index contributed by atoms with van der Waals surface area (Å²) in [5.41, 5.74) is 8.74. The van der Waals surface area contributed by atoms with Gasteiger partial charge in [0.15, 0.2) is 0 Å². The van der Waals surface area contributed by atoms with Gasteiger partial charge in [0, 0.05) is 43.1 Å². The van der Waals surface area contributed by atoms with Crippen molar-refractivity contribution in [3.05, 3.63) is 29.3 Å². The maximum absolute atomic E-state index is 6.05. The van der Waals surface area contributed by atoms with Gasteiger partial charge in [0.1, 0.15) is 5.75 Å². The highest BCUT2D eigenvalue weighted by Crippen LogP contribution is 2.31. The van der Waals surface area contributed by atoms with Crippen LogP contribution >= 0.6 is 11.8 Å². The summed E-state index contributed by atoms with van der Waals surface area (Å²) >= 11 is 2.06. The summed E-state index contributed by atoms with van der Waals surface area (Å²) in [5, 5.41) is 0.709. The maximum Gasteiger partial charge on any atom is 0.122 e. The molecule has 0 spiro atoms. The Hall–Kier alpha value is -0.710. The van der Waals surface area contributed by atoms with Crippen molar-refractivity contribution in [1.29, 1.82) is 0 Å². The Morgan fingerprint density at radius 2 is 2.42 bits per heavy atom. The zero-order valence-corrected chi connectivity index (χ0v) is 12.3. The summed E-state index contributed by atoms with van der Waals surface area (Å²) < 4.78 is 5.58. The summed E-state index contributed by atoms with van der Waals surface area (Å²) in [6, 6.07) is 6.96. The van der Waals surface area contributed by atoms with E-state index >= 15 is 0 Å². The second kappa shape index (κ2) is 5.73. The monoisotopic (exact) mass is 278 g/mol. The SMILES string of the molecule is CC1CN(C(CN)c2ccc3c(c2)CCO3)CCS1. The number of benzene rings is 1. The zero-order chi connectivity index (χ0) is 13.2. The lowest BCUT2D eigenvalue weighted by molar-refractivity contribution is 0.211. The number of nitrogens with zero attached hydrogens (tertiary/aromatic N) is 1. The molecule has 0 saturated carbocycles. The van der Waals surface area contributed by atoms with E-state index in [1.165, 1.54) is 16.9 Å². The van der Waals surface area contributed by atoms with Gasteiger partial charge >= 0.3 is 0 Å². The summed E-state index contributed by atoms with van der Waals surface area (Å²) in [7, 11) is 0. The molecule has 0 bridgehead atoms. The van der Waals surface area contributed by atoms with Gasteiger partial charge in [0.25, 0.3) is 0 Å². The summed E-state index contributed by atoms with van der Waals surface area (Å²) in [4.78, 5) is 2.54. The molecule has 1 saturated heterocycles. The standard InChI is InChI=1S/C15H22N2OS/c1-11-10-17(5-7-19-11)14(9-16)12-2-3-15-13(8-12)4-6-18-15/h2-3,8,11,14H,4-7,9-10,16H2,1H3. The van der Waals surface area contributed by atoms with Crippen LogP contribution < -0.4 is 10.5 Å². The average molecular weight is 278 g/mol. The van der Waals surface area contributed by atoms with Crippen LogP contribution in [0.25, 0.3) is 0 Å². The third-order valence-electron chi connectivity index (χ3n) is 4.03. The fourth-order valence-corrected chi connectivity index (χ4v) is 4.08. The molecule has 0 radical (unpaired) electrons. The Bertz CT molecular complexity index is 452. The molecule has 3 rings (SSSR count). The molecule has 104 valence electrons. The quantitative estimate of drug-likeness (QED) is 0.918. The number of rotatable bonds is 3. The molecule has 3 nitrogen and oxygen atoms in total. The van der Waals surface area contributed by atoms with Crippen molar-refractivity contribution in [2.75, 3.05) is 32.0 Å². The van der Waals surface area contributed by atoms with Gasteiger partial charge in [-0.15, -0.1) is 0 Å². The number of fused-ring (bicyclic) bond motifs is 1. The smallest absolute Gasteiger partial charge is 0.122 e. The molecule has 0 aromatic heterocycles. The molecule has 0 amide bonds. The van der Waals surface area contributed by atoms with E-state index in [1.54, 1.807) is 0 Å². The topological polar surface area (TPSA) is 38.5 Å². The van der Waals surface area contributed by atoms with Crippen LogP contribution in [0.4, 0.5) is 0 Å². The third-order valence-corrected chi connectivity index (χ3v) is 5.17. The second-order valence-electron chi connectivity index (χ2n) is 5.39. The average Bonchev–Trinajstić information content (AvgIpc) is 2.87. The van der Waals surface area contributed by atoms with Gasteiger partial charge in [-0.1, -0.05) is 19.1 Å². The molecular weight excluding hydrogens is 256 g/mol. The number of nitrogens with two attached hydrogens (primary N) is 1. The largest absolute Gasteiger partial charge is 0.493 e. The van der Waals surface area contributed by atoms with Gasteiger partial charge in [-0.3, -0.25) is 4.90 Å². The van der Waals surface area contributed by atoms with Crippen molar-refractivity contribution < 1.29 is 4.74 Å². The highest BCUT2D eigenvalue weighted by atomic mass is 32.2. The molecule has 1 fully saturated rings. The Balaban J connectivity index is 1.81. The molecule has 19 heavy (non-hydrogen) atoms. The van der Waals surface area contributed by atoms with E-state index in [0.717, 1.165) is 31.9 Å². The van der Waals surface area contributed by atoms with E-state index in [4.69, 9.17) is 10.5 Å². The van der Waals surface area contributed by atoms with E-state index in [2.05, 4.69) is 41.8 Å². The van der Waals surface area contributed by atoms with E-state index in [1.807, 2.05) is 0 Å². The van der Waals surface area contributed by atoms with Crippen molar-refractivity contribution >= 4 is 11.8 Å². The van der Waals surface area contributed by atoms with E-state index < -0.39 is 0 Å². The van der Waals surface area contributed by atoms with Crippen LogP contribution in [0, 0.1) is 0 Å². The first kappa shape index (κ1) is 13.3. The number of hydrogen-bond donors (Lipinski definition) is 1. The van der Waals surface area contributed by atoms with E-state index in [0.29, 0.717) is 17.8 Å². The van der Waals surface area contributed by atoms with Gasteiger partial charge in [-0.2, -0.15) is 11.8 Å². The van der Waals surface area contributed by atoms with Crippen LogP contribution in [0.15, 0.2) is 18.2 Å². The Morgan fingerprint density at radius 3 is 3.21 bits per heavy atom. The lowest BCUT2D eigenvalue weighted by Crippen LogP contribution is -2.42. The second-order valence-corrected chi connectivity index (χ2v) is 6.94. The summed E-state index contributed by atoms with van der Waals surface area (Å²) in [6.07, 6.45) is 1.03. The zero-order valence-electron chi connectivity index (χ0n) is 11.5. The number of thioether (sulfide) groups is 1. The minimum absolute atomic E-state index is 0.356. The minimum atomic E-state index is 0.356. The number of ether oxygens (including phenoxy) is 1. The third kappa shape index (κ3) is 2.76. The Kier molecular flexibility index (Phi) is 4.01. The summed E-state index contributed by atoms with van der Waals surface area (Å²) in [5.74, 6) is 2.27. The normalized spacial score (nSPS) is 24.8. The Labute approximate surface area is 119 Å². The molecule has 2 aliphatic heterocycles. The lowest BCUT2D eigenvalue weighted by atomic mass is 10.0. The highest BCUT2D eigenvalue weighted by Gasteiger charge is 2.25. The molecular formula is C15H22N2OS. The van der Waals surface area contributed by atoms with Crippen LogP contribution in [0.5, 0.6) is 5.75 Å². The maximum atomic E-state index is 6.05. The molecule has 2 N–H and O–H groups in total. The van der Waals surface area contributed by atoms with Crippen LogP contribution in [-0.4, -0.2) is 42.1 Å². The van der Waals surface area contributed by atoms with E-state index in [9.17, 15) is 0 Å². The fraction of sp³-hybridized carbons (Fsp3) is 0.600. The van der Waals surface area contributed by atoms with Crippen molar-refractivity contribution in [2.24, 2.45) is 5.73 Å². The molecule has 2 heterocycles. The van der Waals surface area contributed by atoms with Crippen LogP contribution in [-0.2, 0) is 6.42 Å². The van der Waals surface area contributed by atoms with Gasteiger partial charge in [-0.25, -0.2) is 0 Å². The van der Waals surface area contributed by atoms with Crippen LogP contribution in [0.3, 0.4) is 0 Å². The first-order valence-corrected chi connectivity index (χ1v) is 8.14. The van der Waals surface area contributed by atoms with Crippen LogP contribution in [0.2, 0.25) is 0 Å². The molecule has 1 aromatic rings. The Morgan fingerprint density at radius 1 is 1.53 bits per heavy atom. The van der Waals surface area contributed by atoms with Gasteiger partial charge < -0.3 is 10.5 Å². The highest BCUT2D eigenvalue weighted by molar-refractivity contribution is 7.99. The predicted molar refractivity (Wildman–Crippen MR) is 80.9 cm³/mol. The van der Waals surface area contributed by atoms with Gasteiger partial charge in [0.2, 0.25) is 0 Å². The van der Waals surface area contributed by atoms with E-state index in [-0.39, 0.29) is 0 Å². The lowest BCUT2D eigenvalue weighted by Gasteiger charge is -2.36. The first-order chi connectivity index (χ1) is 9.28. The van der Waals surface area contributed by atoms with Crippen molar-refractivity contribution in [2.45, 2.75) is 24.6 Å². The molecule has 2 atom stereocenters. The van der Waals surface area contributed by atoms with Crippen molar-refractivity contribution in [3.8, 4) is 5.75 Å². The molecule has 0 aliphatic carbocycles. The molecule has 4 heteroatoms. The molecule has 2 unspecified atom stereocenters. The van der Waals surface area contributed by atoms with Crippen molar-refractivity contribution in [3.63, 3.8) is 0 Å². The minimum Gasteiger partial charge on any atom is -0.493 e. The van der Waals surface area contributed by atoms with Gasteiger partial charge in [0.05, 0.1) is 6.61 Å². The van der Waals surface area contributed by atoms with Crippen molar-refractivity contribution in [1.82, 2.24) is 4.90 Å². The molecule has 2 aliphatic rings.